The van der Waals surface area contributed by atoms with Crippen LogP contribution in [0.25, 0.3) is 11.3 Å². The molecule has 0 saturated heterocycles. The Balaban J connectivity index is 1.60. The van der Waals surface area contributed by atoms with E-state index in [4.69, 9.17) is 4.74 Å². The van der Waals surface area contributed by atoms with Gasteiger partial charge in [-0.3, -0.25) is 4.79 Å². The van der Waals surface area contributed by atoms with E-state index in [9.17, 15) is 9.59 Å². The Labute approximate surface area is 163 Å². The molecule has 0 spiro atoms. The highest BCUT2D eigenvalue weighted by Gasteiger charge is 2.13. The van der Waals surface area contributed by atoms with Gasteiger partial charge in [-0.2, -0.15) is 0 Å². The Bertz CT molecular complexity index is 955. The number of rotatable bonds is 5. The van der Waals surface area contributed by atoms with Gasteiger partial charge in [-0.25, -0.2) is 9.78 Å². The highest BCUT2D eigenvalue weighted by Crippen LogP contribution is 2.24. The Morgan fingerprint density at radius 3 is 2.73 bits per heavy atom. The lowest BCUT2D eigenvalue weighted by Crippen LogP contribution is -2.21. The van der Waals surface area contributed by atoms with Crippen LogP contribution in [0.1, 0.15) is 15.4 Å². The van der Waals surface area contributed by atoms with Crippen molar-refractivity contribution in [3.8, 4) is 11.3 Å². The fourth-order valence-corrected chi connectivity index (χ4v) is 3.35. The molecule has 0 saturated carbocycles. The first-order valence-electron chi connectivity index (χ1n) is 7.77. The molecule has 26 heavy (non-hydrogen) atoms. The predicted octanol–water partition coefficient (Wildman–Crippen LogP) is 4.68. The van der Waals surface area contributed by atoms with Gasteiger partial charge in [0.25, 0.3) is 5.91 Å². The number of hydrogen-bond acceptors (Lipinski definition) is 5. The number of hydrogen-bond donors (Lipinski definition) is 1. The Hall–Kier alpha value is -2.51. The monoisotopic (exact) mass is 430 g/mol. The van der Waals surface area contributed by atoms with Crippen molar-refractivity contribution in [1.29, 1.82) is 0 Å². The van der Waals surface area contributed by atoms with Gasteiger partial charge in [0.15, 0.2) is 6.61 Å². The molecule has 3 rings (SSSR count). The van der Waals surface area contributed by atoms with Gasteiger partial charge in [-0.05, 0) is 47.1 Å². The number of halogens is 1. The van der Waals surface area contributed by atoms with Crippen molar-refractivity contribution in [2.24, 2.45) is 0 Å². The minimum Gasteiger partial charge on any atom is -0.452 e. The van der Waals surface area contributed by atoms with Gasteiger partial charge in [-0.15, -0.1) is 11.3 Å². The number of aromatic nitrogens is 1. The van der Waals surface area contributed by atoms with Crippen LogP contribution in [0.2, 0.25) is 0 Å². The topological polar surface area (TPSA) is 68.3 Å². The molecular weight excluding hydrogens is 416 g/mol. The third-order valence-corrected chi connectivity index (χ3v) is 4.95. The molecule has 0 aliphatic rings. The quantitative estimate of drug-likeness (QED) is 0.596. The van der Waals surface area contributed by atoms with Gasteiger partial charge in [-0.1, -0.05) is 24.3 Å². The molecule has 0 aliphatic heterocycles. The van der Waals surface area contributed by atoms with E-state index >= 15 is 0 Å². The van der Waals surface area contributed by atoms with Crippen LogP contribution < -0.4 is 5.32 Å². The molecule has 0 bridgehead atoms. The number of carbonyl (C=O) groups is 2. The molecule has 3 aromatic rings. The summed E-state index contributed by atoms with van der Waals surface area (Å²) >= 11 is 4.85. The molecule has 1 N–H and O–H groups in total. The van der Waals surface area contributed by atoms with Crippen molar-refractivity contribution in [1.82, 2.24) is 4.98 Å². The summed E-state index contributed by atoms with van der Waals surface area (Å²) < 4.78 is 5.69. The number of nitrogens with zero attached hydrogens (tertiary/aromatic N) is 1. The maximum Gasteiger partial charge on any atom is 0.339 e. The molecular formula is C19H15BrN2O3S. The van der Waals surface area contributed by atoms with Crippen LogP contribution in [-0.2, 0) is 9.53 Å². The average molecular weight is 431 g/mol. The zero-order valence-corrected chi connectivity index (χ0v) is 16.3. The normalized spacial score (nSPS) is 10.4. The van der Waals surface area contributed by atoms with Crippen molar-refractivity contribution in [3.63, 3.8) is 0 Å². The SMILES string of the molecule is Cc1nc(-c2cccc(NC(=O)COC(=O)c3ccccc3Br)c2)cs1. The van der Waals surface area contributed by atoms with Crippen LogP contribution in [-0.4, -0.2) is 23.5 Å². The van der Waals surface area contributed by atoms with Gasteiger partial charge in [0.2, 0.25) is 0 Å². The standard InChI is InChI=1S/C19H15BrN2O3S/c1-12-21-17(11-26-12)13-5-4-6-14(9-13)22-18(23)10-25-19(24)15-7-2-3-8-16(15)20/h2-9,11H,10H2,1H3,(H,22,23). The van der Waals surface area contributed by atoms with Gasteiger partial charge >= 0.3 is 5.97 Å². The summed E-state index contributed by atoms with van der Waals surface area (Å²) in [6.07, 6.45) is 0. The maximum atomic E-state index is 12.1. The number of benzene rings is 2. The summed E-state index contributed by atoms with van der Waals surface area (Å²) in [5.74, 6) is -0.962. The molecule has 0 unspecified atom stereocenters. The van der Waals surface area contributed by atoms with Crippen molar-refractivity contribution in [2.45, 2.75) is 6.92 Å². The van der Waals surface area contributed by atoms with Crippen LogP contribution in [0, 0.1) is 6.92 Å². The third kappa shape index (κ3) is 4.56. The van der Waals surface area contributed by atoms with E-state index in [2.05, 4.69) is 26.2 Å². The van der Waals surface area contributed by atoms with E-state index in [1.165, 1.54) is 0 Å². The number of amides is 1. The first kappa shape index (κ1) is 18.3. The Morgan fingerprint density at radius 2 is 2.00 bits per heavy atom. The number of aryl methyl sites for hydroxylation is 1. The number of ether oxygens (including phenoxy) is 1. The molecule has 0 fully saturated rings. The van der Waals surface area contributed by atoms with Gasteiger partial charge in [0.1, 0.15) is 0 Å². The van der Waals surface area contributed by atoms with Gasteiger partial charge < -0.3 is 10.1 Å². The van der Waals surface area contributed by atoms with Crippen molar-refractivity contribution in [2.75, 3.05) is 11.9 Å². The summed E-state index contributed by atoms with van der Waals surface area (Å²) in [5, 5.41) is 5.68. The second-order valence-corrected chi connectivity index (χ2v) is 7.35. The molecule has 5 nitrogen and oxygen atoms in total. The summed E-state index contributed by atoms with van der Waals surface area (Å²) in [5.41, 5.74) is 2.78. The lowest BCUT2D eigenvalue weighted by Gasteiger charge is -2.08. The van der Waals surface area contributed by atoms with Crippen LogP contribution in [0.5, 0.6) is 0 Å². The second-order valence-electron chi connectivity index (χ2n) is 5.44. The number of carbonyl (C=O) groups excluding carboxylic acids is 2. The first-order chi connectivity index (χ1) is 12.5. The van der Waals surface area contributed by atoms with Crippen molar-refractivity contribution < 1.29 is 14.3 Å². The molecule has 132 valence electrons. The van der Waals surface area contributed by atoms with E-state index in [1.807, 2.05) is 30.5 Å². The number of anilines is 1. The van der Waals surface area contributed by atoms with Crippen LogP contribution >= 0.6 is 27.3 Å². The molecule has 0 atom stereocenters. The Morgan fingerprint density at radius 1 is 1.19 bits per heavy atom. The van der Waals surface area contributed by atoms with Gasteiger partial charge in [0, 0.05) is 21.1 Å². The fraction of sp³-hybridized carbons (Fsp3) is 0.105. The summed E-state index contributed by atoms with van der Waals surface area (Å²) in [6.45, 7) is 1.58. The minimum absolute atomic E-state index is 0.361. The number of nitrogens with one attached hydrogen (secondary N) is 1. The molecule has 0 radical (unpaired) electrons. The first-order valence-corrected chi connectivity index (χ1v) is 9.44. The van der Waals surface area contributed by atoms with E-state index in [1.54, 1.807) is 41.7 Å². The van der Waals surface area contributed by atoms with Crippen LogP contribution in [0.4, 0.5) is 5.69 Å². The summed E-state index contributed by atoms with van der Waals surface area (Å²) in [6, 6.07) is 14.3. The highest BCUT2D eigenvalue weighted by atomic mass is 79.9. The van der Waals surface area contributed by atoms with Crippen LogP contribution in [0.15, 0.2) is 58.4 Å². The van der Waals surface area contributed by atoms with Crippen molar-refractivity contribution in [3.05, 3.63) is 69.0 Å². The highest BCUT2D eigenvalue weighted by molar-refractivity contribution is 9.10. The van der Waals surface area contributed by atoms with E-state index in [-0.39, 0.29) is 6.61 Å². The second kappa shape index (κ2) is 8.25. The van der Waals surface area contributed by atoms with Gasteiger partial charge in [0.05, 0.1) is 16.3 Å². The molecule has 1 amide bonds. The predicted molar refractivity (Wildman–Crippen MR) is 105 cm³/mol. The summed E-state index contributed by atoms with van der Waals surface area (Å²) in [7, 11) is 0. The zero-order chi connectivity index (χ0) is 18.5. The maximum absolute atomic E-state index is 12.1. The summed E-state index contributed by atoms with van der Waals surface area (Å²) in [4.78, 5) is 28.5. The smallest absolute Gasteiger partial charge is 0.339 e. The zero-order valence-electron chi connectivity index (χ0n) is 13.9. The molecule has 0 aliphatic carbocycles. The lowest BCUT2D eigenvalue weighted by atomic mass is 10.1. The fourth-order valence-electron chi connectivity index (χ4n) is 2.28. The molecule has 2 aromatic carbocycles. The Kier molecular flexibility index (Phi) is 5.80. The third-order valence-electron chi connectivity index (χ3n) is 3.49. The molecule has 1 heterocycles. The van der Waals surface area contributed by atoms with E-state index in [0.29, 0.717) is 15.7 Å². The number of esters is 1. The van der Waals surface area contributed by atoms with Crippen molar-refractivity contribution >= 4 is 44.8 Å². The average Bonchev–Trinajstić information content (AvgIpc) is 3.07. The largest absolute Gasteiger partial charge is 0.452 e. The number of thiazole rings is 1. The minimum atomic E-state index is -0.556. The molecule has 1 aromatic heterocycles. The van der Waals surface area contributed by atoms with Crippen LogP contribution in [0.3, 0.4) is 0 Å². The lowest BCUT2D eigenvalue weighted by molar-refractivity contribution is -0.119. The van der Waals surface area contributed by atoms with E-state index in [0.717, 1.165) is 16.3 Å². The van der Waals surface area contributed by atoms with E-state index < -0.39 is 11.9 Å². The molecule has 7 heteroatoms.